The van der Waals surface area contributed by atoms with E-state index in [1.807, 2.05) is 6.07 Å². The molecule has 2 rings (SSSR count). The van der Waals surface area contributed by atoms with E-state index in [2.05, 4.69) is 0 Å². The van der Waals surface area contributed by atoms with Crippen LogP contribution in [0.25, 0.3) is 0 Å². The minimum Gasteiger partial charge on any atom is -0.508 e. The predicted molar refractivity (Wildman–Crippen MR) is 82.2 cm³/mol. The van der Waals surface area contributed by atoms with Crippen molar-refractivity contribution in [1.29, 1.82) is 0 Å². The maximum Gasteiger partial charge on any atom is 0.306 e. The molecular weight excluding hydrogens is 283 g/mol. The van der Waals surface area contributed by atoms with Crippen molar-refractivity contribution in [2.75, 3.05) is 6.61 Å². The number of carbonyl (C=O) groups is 1. The van der Waals surface area contributed by atoms with E-state index in [9.17, 15) is 14.3 Å². The second kappa shape index (κ2) is 7.59. The topological polar surface area (TPSA) is 46.5 Å². The Kier molecular flexibility index (Phi) is 5.53. The predicted octanol–water partition coefficient (Wildman–Crippen LogP) is 3.81. The van der Waals surface area contributed by atoms with Crippen molar-refractivity contribution in [3.8, 4) is 5.75 Å². The van der Waals surface area contributed by atoms with Gasteiger partial charge in [0.05, 0.1) is 13.0 Å². The monoisotopic (exact) mass is 302 g/mol. The molecule has 0 saturated heterocycles. The highest BCUT2D eigenvalue weighted by molar-refractivity contribution is 5.70. The number of halogens is 1. The zero-order valence-electron chi connectivity index (χ0n) is 12.5. The lowest BCUT2D eigenvalue weighted by Crippen LogP contribution is -2.13. The molecule has 0 spiro atoms. The molecule has 0 aromatic heterocycles. The summed E-state index contributed by atoms with van der Waals surface area (Å²) in [5.41, 5.74) is 1.73. The van der Waals surface area contributed by atoms with Gasteiger partial charge >= 0.3 is 5.97 Å². The highest BCUT2D eigenvalue weighted by atomic mass is 19.1. The van der Waals surface area contributed by atoms with E-state index in [1.165, 1.54) is 12.1 Å². The van der Waals surface area contributed by atoms with Gasteiger partial charge in [0.1, 0.15) is 11.6 Å². The van der Waals surface area contributed by atoms with E-state index in [0.717, 1.165) is 11.1 Å². The van der Waals surface area contributed by atoms with Crippen LogP contribution in [0.3, 0.4) is 0 Å². The van der Waals surface area contributed by atoms with E-state index in [0.29, 0.717) is 13.0 Å². The maximum atomic E-state index is 13.5. The molecule has 2 aromatic carbocycles. The van der Waals surface area contributed by atoms with Crippen LogP contribution in [0.1, 0.15) is 30.4 Å². The third-order valence-corrected chi connectivity index (χ3v) is 3.46. The zero-order chi connectivity index (χ0) is 15.9. The molecule has 1 unspecified atom stereocenters. The van der Waals surface area contributed by atoms with Crippen LogP contribution in [0.2, 0.25) is 0 Å². The Morgan fingerprint density at radius 2 is 1.95 bits per heavy atom. The fraction of sp³-hybridized carbons (Fsp3) is 0.278. The highest BCUT2D eigenvalue weighted by Gasteiger charge is 2.18. The van der Waals surface area contributed by atoms with Crippen LogP contribution in [0, 0.1) is 5.82 Å². The van der Waals surface area contributed by atoms with Crippen LogP contribution >= 0.6 is 0 Å². The normalized spacial score (nSPS) is 11.9. The number of phenolic OH excluding ortho intramolecular Hbond substituents is 1. The molecule has 0 fully saturated rings. The van der Waals surface area contributed by atoms with E-state index in [1.54, 1.807) is 37.3 Å². The Balaban J connectivity index is 2.20. The molecule has 0 aliphatic heterocycles. The van der Waals surface area contributed by atoms with Crippen LogP contribution in [-0.4, -0.2) is 17.7 Å². The molecule has 22 heavy (non-hydrogen) atoms. The molecule has 0 saturated carbocycles. The average Bonchev–Trinajstić information content (AvgIpc) is 2.49. The number of phenols is 1. The Bertz CT molecular complexity index is 622. The van der Waals surface area contributed by atoms with Gasteiger partial charge in [-0.2, -0.15) is 0 Å². The van der Waals surface area contributed by atoms with Gasteiger partial charge in [0, 0.05) is 0 Å². The Morgan fingerprint density at radius 1 is 1.23 bits per heavy atom. The fourth-order valence-electron chi connectivity index (χ4n) is 2.41. The van der Waals surface area contributed by atoms with Crippen molar-refractivity contribution in [3.05, 3.63) is 65.5 Å². The van der Waals surface area contributed by atoms with Gasteiger partial charge in [0.15, 0.2) is 0 Å². The van der Waals surface area contributed by atoms with Gasteiger partial charge < -0.3 is 9.84 Å². The van der Waals surface area contributed by atoms with Gasteiger partial charge in [-0.1, -0.05) is 24.3 Å². The molecule has 0 aliphatic carbocycles. The quantitative estimate of drug-likeness (QED) is 0.825. The number of hydrogen-bond donors (Lipinski definition) is 1. The van der Waals surface area contributed by atoms with Crippen molar-refractivity contribution < 1.29 is 19.0 Å². The molecule has 0 aliphatic rings. The maximum absolute atomic E-state index is 13.5. The molecular formula is C18H19FO3. The average molecular weight is 302 g/mol. The Labute approximate surface area is 129 Å². The lowest BCUT2D eigenvalue weighted by atomic mass is 9.89. The first kappa shape index (κ1) is 16.0. The molecule has 116 valence electrons. The van der Waals surface area contributed by atoms with E-state index in [4.69, 9.17) is 4.74 Å². The molecule has 1 N–H and O–H groups in total. The summed E-state index contributed by atoms with van der Waals surface area (Å²) >= 11 is 0. The number of hydrogen-bond acceptors (Lipinski definition) is 3. The summed E-state index contributed by atoms with van der Waals surface area (Å²) in [6, 6.07) is 13.1. The summed E-state index contributed by atoms with van der Waals surface area (Å²) in [6.07, 6.45) is 0.765. The van der Waals surface area contributed by atoms with Crippen molar-refractivity contribution >= 4 is 5.97 Å². The summed E-state index contributed by atoms with van der Waals surface area (Å²) in [7, 11) is 0. The van der Waals surface area contributed by atoms with Crippen molar-refractivity contribution in [3.63, 3.8) is 0 Å². The highest BCUT2D eigenvalue weighted by Crippen LogP contribution is 2.26. The summed E-state index contributed by atoms with van der Waals surface area (Å²) in [6.45, 7) is 2.09. The summed E-state index contributed by atoms with van der Waals surface area (Å²) in [5, 5.41) is 9.34. The molecule has 2 aromatic rings. The second-order valence-electron chi connectivity index (χ2n) is 5.13. The largest absolute Gasteiger partial charge is 0.508 e. The van der Waals surface area contributed by atoms with Gasteiger partial charge in [0.2, 0.25) is 0 Å². The number of carbonyl (C=O) groups excluding carboxylic acids is 1. The molecule has 0 bridgehead atoms. The SMILES string of the molecule is CCOC(=O)CC(Cc1ccc(O)cc1)c1cccc(F)c1. The summed E-state index contributed by atoms with van der Waals surface area (Å²) < 4.78 is 18.5. The van der Waals surface area contributed by atoms with Gasteiger partial charge in [-0.15, -0.1) is 0 Å². The van der Waals surface area contributed by atoms with Gasteiger partial charge in [-0.3, -0.25) is 4.79 Å². The molecule has 0 radical (unpaired) electrons. The number of benzene rings is 2. The van der Waals surface area contributed by atoms with Crippen LogP contribution < -0.4 is 0 Å². The number of esters is 1. The Hall–Kier alpha value is -2.36. The molecule has 0 amide bonds. The van der Waals surface area contributed by atoms with Crippen LogP contribution in [-0.2, 0) is 16.0 Å². The fourth-order valence-corrected chi connectivity index (χ4v) is 2.41. The van der Waals surface area contributed by atoms with Gasteiger partial charge in [-0.05, 0) is 54.7 Å². The van der Waals surface area contributed by atoms with E-state index >= 15 is 0 Å². The van der Waals surface area contributed by atoms with E-state index < -0.39 is 0 Å². The van der Waals surface area contributed by atoms with E-state index in [-0.39, 0.29) is 29.9 Å². The minimum absolute atomic E-state index is 0.167. The number of aromatic hydroxyl groups is 1. The third-order valence-electron chi connectivity index (χ3n) is 3.46. The number of ether oxygens (including phenoxy) is 1. The lowest BCUT2D eigenvalue weighted by molar-refractivity contribution is -0.143. The van der Waals surface area contributed by atoms with Crippen molar-refractivity contribution in [1.82, 2.24) is 0 Å². The Morgan fingerprint density at radius 3 is 2.59 bits per heavy atom. The smallest absolute Gasteiger partial charge is 0.306 e. The molecule has 1 atom stereocenters. The van der Waals surface area contributed by atoms with Crippen molar-refractivity contribution in [2.24, 2.45) is 0 Å². The third kappa shape index (κ3) is 4.58. The standard InChI is InChI=1S/C18H19FO3/c1-2-22-18(21)12-15(14-4-3-5-16(19)11-14)10-13-6-8-17(20)9-7-13/h3-9,11,15,20H,2,10,12H2,1H3. The zero-order valence-corrected chi connectivity index (χ0v) is 12.5. The van der Waals surface area contributed by atoms with Gasteiger partial charge in [-0.25, -0.2) is 4.39 Å². The lowest BCUT2D eigenvalue weighted by Gasteiger charge is -2.17. The van der Waals surface area contributed by atoms with Crippen molar-refractivity contribution in [2.45, 2.75) is 25.7 Å². The first-order valence-corrected chi connectivity index (χ1v) is 7.27. The van der Waals surface area contributed by atoms with Crippen LogP contribution in [0.4, 0.5) is 4.39 Å². The first-order valence-electron chi connectivity index (χ1n) is 7.27. The second-order valence-corrected chi connectivity index (χ2v) is 5.13. The first-order chi connectivity index (χ1) is 10.6. The molecule has 3 nitrogen and oxygen atoms in total. The molecule has 0 heterocycles. The van der Waals surface area contributed by atoms with Crippen LogP contribution in [0.15, 0.2) is 48.5 Å². The van der Waals surface area contributed by atoms with Crippen LogP contribution in [0.5, 0.6) is 5.75 Å². The number of rotatable bonds is 6. The summed E-state index contributed by atoms with van der Waals surface area (Å²) in [5.74, 6) is -0.594. The summed E-state index contributed by atoms with van der Waals surface area (Å²) in [4.78, 5) is 11.8. The van der Waals surface area contributed by atoms with Gasteiger partial charge in [0.25, 0.3) is 0 Å². The minimum atomic E-state index is -0.322. The molecule has 4 heteroatoms.